The van der Waals surface area contributed by atoms with Crippen LogP contribution in [0.1, 0.15) is 11.1 Å². The number of aryl methyl sites for hydroxylation is 2. The van der Waals surface area contributed by atoms with E-state index in [9.17, 15) is 4.39 Å². The molecule has 0 saturated heterocycles. The maximum atomic E-state index is 13.6. The summed E-state index contributed by atoms with van der Waals surface area (Å²) in [4.78, 5) is 13.2. The third-order valence-corrected chi connectivity index (χ3v) is 4.25. The van der Waals surface area contributed by atoms with Crippen LogP contribution < -0.4 is 0 Å². The topological polar surface area (TPSA) is 25.8 Å². The number of nitrogens with zero attached hydrogens (tertiary/aromatic N) is 2. The van der Waals surface area contributed by atoms with Crippen molar-refractivity contribution in [1.29, 1.82) is 0 Å². The summed E-state index contributed by atoms with van der Waals surface area (Å²) < 4.78 is 13.6. The van der Waals surface area contributed by atoms with Gasteiger partial charge in [0, 0.05) is 0 Å². The summed E-state index contributed by atoms with van der Waals surface area (Å²) in [6.07, 6.45) is 0. The van der Waals surface area contributed by atoms with Crippen molar-refractivity contribution in [2.75, 3.05) is 0 Å². The molecule has 0 saturated carbocycles. The van der Waals surface area contributed by atoms with Gasteiger partial charge in [-0.25, -0.2) is 0 Å². The molecule has 0 radical (unpaired) electrons. The van der Waals surface area contributed by atoms with Gasteiger partial charge in [-0.05, 0) is 0 Å². The predicted octanol–water partition coefficient (Wildman–Crippen LogP) is 2.60. The summed E-state index contributed by atoms with van der Waals surface area (Å²) in [5, 5.41) is 0. The van der Waals surface area contributed by atoms with Gasteiger partial charge in [0.2, 0.25) is 0 Å². The molecule has 0 spiro atoms. The van der Waals surface area contributed by atoms with Crippen molar-refractivity contribution < 1.29 is 4.39 Å². The molecule has 0 N–H and O–H groups in total. The number of halogens is 1. The van der Waals surface area contributed by atoms with E-state index in [1.807, 2.05) is 6.92 Å². The Bertz CT molecular complexity index is 703. The molecule has 2 aromatic heterocycles. The van der Waals surface area contributed by atoms with Crippen LogP contribution in [0.4, 0.5) is 4.39 Å². The Balaban J connectivity index is 2.58. The molecule has 2 nitrogen and oxygen atoms in total. The molecule has 80 valence electrons. The zero-order chi connectivity index (χ0) is 11.3. The number of benzene rings is 1. The molecule has 0 amide bonds. The Morgan fingerprint density at radius 1 is 1.06 bits per heavy atom. The molecule has 0 bridgehead atoms. The van der Waals surface area contributed by atoms with E-state index in [0.717, 1.165) is 22.1 Å². The summed E-state index contributed by atoms with van der Waals surface area (Å²) in [6.45, 7) is 3.62. The van der Waals surface area contributed by atoms with E-state index in [1.54, 1.807) is 6.92 Å². The molecule has 0 atom stereocenters. The maximum absolute atomic E-state index is 13.6. The van der Waals surface area contributed by atoms with Crippen LogP contribution in [-0.4, -0.2) is 24.5 Å². The molecule has 3 aromatic rings. The van der Waals surface area contributed by atoms with Crippen molar-refractivity contribution >= 4 is 36.6 Å². The van der Waals surface area contributed by atoms with Gasteiger partial charge in [-0.3, -0.25) is 0 Å². The molecule has 4 heteroatoms. The molecular formula is C12H9FN2Se. The van der Waals surface area contributed by atoms with Crippen LogP contribution in [0.5, 0.6) is 0 Å². The Morgan fingerprint density at radius 2 is 1.69 bits per heavy atom. The number of fused-ring (bicyclic) bond motifs is 2. The van der Waals surface area contributed by atoms with Crippen LogP contribution in [0.2, 0.25) is 0 Å². The SMILES string of the molecule is Cc1cc(F)c(C)c2nc3c[se]cc3nc12. The molecule has 1 aromatic carbocycles. The van der Waals surface area contributed by atoms with E-state index in [-0.39, 0.29) is 5.82 Å². The Kier molecular flexibility index (Phi) is 2.09. The zero-order valence-electron chi connectivity index (χ0n) is 8.91. The second kappa shape index (κ2) is 3.37. The number of hydrogen-bond acceptors (Lipinski definition) is 2. The van der Waals surface area contributed by atoms with Crippen LogP contribution >= 0.6 is 0 Å². The van der Waals surface area contributed by atoms with Crippen molar-refractivity contribution in [3.05, 3.63) is 32.9 Å². The zero-order valence-corrected chi connectivity index (χ0v) is 10.6. The summed E-state index contributed by atoms with van der Waals surface area (Å²) in [5.41, 5.74) is 4.80. The number of hydrogen-bond donors (Lipinski definition) is 0. The van der Waals surface area contributed by atoms with Gasteiger partial charge in [0.1, 0.15) is 0 Å². The van der Waals surface area contributed by atoms with Crippen molar-refractivity contribution in [2.45, 2.75) is 13.8 Å². The molecule has 0 unspecified atom stereocenters. The standard InChI is InChI=1S/C12H9FN2Se/c1-6-3-8(13)7(2)12-11(6)14-9-4-16-5-10(9)15-12/h3-5H,1-2H3. The minimum absolute atomic E-state index is 0.202. The second-order valence-corrected chi connectivity index (χ2v) is 5.42. The monoisotopic (exact) mass is 280 g/mol. The number of rotatable bonds is 0. The summed E-state index contributed by atoms with van der Waals surface area (Å²) in [7, 11) is 0. The fourth-order valence-electron chi connectivity index (χ4n) is 1.81. The first-order valence-corrected chi connectivity index (χ1v) is 6.94. The normalized spacial score (nSPS) is 11.4. The quantitative estimate of drug-likeness (QED) is 0.591. The van der Waals surface area contributed by atoms with Gasteiger partial charge in [0.05, 0.1) is 0 Å². The van der Waals surface area contributed by atoms with Gasteiger partial charge in [0.25, 0.3) is 0 Å². The molecule has 16 heavy (non-hydrogen) atoms. The van der Waals surface area contributed by atoms with Gasteiger partial charge >= 0.3 is 97.7 Å². The van der Waals surface area contributed by atoms with Gasteiger partial charge in [-0.1, -0.05) is 0 Å². The first-order valence-electron chi connectivity index (χ1n) is 4.96. The molecule has 0 fully saturated rings. The summed E-state index contributed by atoms with van der Waals surface area (Å²) in [5.74, 6) is -0.202. The van der Waals surface area contributed by atoms with Crippen LogP contribution in [0.25, 0.3) is 22.1 Å². The summed E-state index contributed by atoms with van der Waals surface area (Å²) in [6, 6.07) is 1.53. The fourth-order valence-corrected chi connectivity index (χ4v) is 3.23. The first kappa shape index (κ1) is 9.94. The van der Waals surface area contributed by atoms with Crippen LogP contribution in [0.3, 0.4) is 0 Å². The van der Waals surface area contributed by atoms with E-state index in [0.29, 0.717) is 25.6 Å². The molecule has 0 aliphatic rings. The van der Waals surface area contributed by atoms with Crippen LogP contribution in [0.15, 0.2) is 15.9 Å². The van der Waals surface area contributed by atoms with Gasteiger partial charge in [0.15, 0.2) is 0 Å². The molecular weight excluding hydrogens is 270 g/mol. The number of aromatic nitrogens is 2. The van der Waals surface area contributed by atoms with Crippen molar-refractivity contribution in [2.24, 2.45) is 0 Å². The third kappa shape index (κ3) is 1.30. The van der Waals surface area contributed by atoms with E-state index in [4.69, 9.17) is 0 Å². The van der Waals surface area contributed by atoms with E-state index in [2.05, 4.69) is 19.8 Å². The second-order valence-electron chi connectivity index (χ2n) is 3.86. The predicted molar refractivity (Wildman–Crippen MR) is 63.4 cm³/mol. The first-order chi connectivity index (χ1) is 7.66. The Labute approximate surface area is 97.9 Å². The molecule has 2 heterocycles. The fraction of sp³-hybridized carbons (Fsp3) is 0.167. The van der Waals surface area contributed by atoms with E-state index < -0.39 is 0 Å². The Hall–Kier alpha value is -1.25. The Morgan fingerprint density at radius 3 is 2.38 bits per heavy atom. The van der Waals surface area contributed by atoms with Crippen molar-refractivity contribution in [3.63, 3.8) is 0 Å². The molecule has 3 rings (SSSR count). The van der Waals surface area contributed by atoms with Crippen LogP contribution in [0, 0.1) is 19.7 Å². The average Bonchev–Trinajstić information content (AvgIpc) is 2.71. The van der Waals surface area contributed by atoms with E-state index in [1.165, 1.54) is 6.07 Å². The van der Waals surface area contributed by atoms with Gasteiger partial charge < -0.3 is 0 Å². The van der Waals surface area contributed by atoms with Crippen molar-refractivity contribution in [1.82, 2.24) is 9.97 Å². The molecule has 0 aliphatic carbocycles. The third-order valence-electron chi connectivity index (χ3n) is 2.74. The minimum atomic E-state index is -0.202. The van der Waals surface area contributed by atoms with Gasteiger partial charge in [-0.15, -0.1) is 0 Å². The van der Waals surface area contributed by atoms with E-state index >= 15 is 0 Å². The van der Waals surface area contributed by atoms with Crippen molar-refractivity contribution in [3.8, 4) is 0 Å². The summed E-state index contributed by atoms with van der Waals surface area (Å²) >= 11 is 0.347. The average molecular weight is 279 g/mol. The van der Waals surface area contributed by atoms with Gasteiger partial charge in [-0.2, -0.15) is 0 Å². The molecule has 0 aliphatic heterocycles. The van der Waals surface area contributed by atoms with Crippen LogP contribution in [-0.2, 0) is 0 Å².